The number of rotatable bonds is 3. The summed E-state index contributed by atoms with van der Waals surface area (Å²) in [6.45, 7) is 0. The molecule has 0 saturated heterocycles. The topological polar surface area (TPSA) is 29.1 Å². The number of aryl methyl sites for hydroxylation is 1. The quantitative estimate of drug-likeness (QED) is 0.847. The predicted octanol–water partition coefficient (Wildman–Crippen LogP) is 2.15. The molecule has 0 saturated carbocycles. The smallest absolute Gasteiger partial charge is 0.230 e. The fourth-order valence-corrected chi connectivity index (χ4v) is 2.42. The average molecular weight is 221 g/mol. The van der Waals surface area contributed by atoms with E-state index in [1.807, 2.05) is 12.3 Å². The highest BCUT2D eigenvalue weighted by molar-refractivity contribution is 7.99. The summed E-state index contributed by atoms with van der Waals surface area (Å²) in [5.74, 6) is 0.697. The molecule has 0 bridgehead atoms. The van der Waals surface area contributed by atoms with Crippen molar-refractivity contribution in [3.05, 3.63) is 35.4 Å². The molecular formula is C12H15NOS. The van der Waals surface area contributed by atoms with Crippen LogP contribution in [0.4, 0.5) is 0 Å². The van der Waals surface area contributed by atoms with Crippen molar-refractivity contribution in [3.8, 4) is 0 Å². The van der Waals surface area contributed by atoms with Crippen LogP contribution in [0.15, 0.2) is 24.3 Å². The minimum Gasteiger partial charge on any atom is -0.349 e. The Morgan fingerprint density at radius 1 is 1.53 bits per heavy atom. The Labute approximate surface area is 94.4 Å². The highest BCUT2D eigenvalue weighted by Gasteiger charge is 2.22. The van der Waals surface area contributed by atoms with Crippen molar-refractivity contribution in [2.45, 2.75) is 18.9 Å². The molecule has 1 N–H and O–H groups in total. The molecular weight excluding hydrogens is 206 g/mol. The molecule has 1 atom stereocenters. The summed E-state index contributed by atoms with van der Waals surface area (Å²) in [4.78, 5) is 11.5. The lowest BCUT2D eigenvalue weighted by atomic mass is 10.1. The number of nitrogens with one attached hydrogen (secondary N) is 1. The molecule has 0 radical (unpaired) electrons. The van der Waals surface area contributed by atoms with Crippen LogP contribution in [-0.4, -0.2) is 17.9 Å². The second-order valence-electron chi connectivity index (χ2n) is 3.79. The van der Waals surface area contributed by atoms with E-state index in [9.17, 15) is 4.79 Å². The van der Waals surface area contributed by atoms with Crippen LogP contribution in [0.25, 0.3) is 0 Å². The molecule has 1 aromatic carbocycles. The Balaban J connectivity index is 2.04. The third-order valence-corrected chi connectivity index (χ3v) is 3.29. The van der Waals surface area contributed by atoms with Crippen LogP contribution in [0.1, 0.15) is 23.6 Å². The van der Waals surface area contributed by atoms with Gasteiger partial charge in [0.15, 0.2) is 0 Å². The highest BCUT2D eigenvalue weighted by atomic mass is 32.2. The maximum absolute atomic E-state index is 11.5. The first kappa shape index (κ1) is 10.6. The summed E-state index contributed by atoms with van der Waals surface area (Å²) >= 11 is 1.56. The number of hydrogen-bond acceptors (Lipinski definition) is 2. The van der Waals surface area contributed by atoms with Crippen LogP contribution in [0, 0.1) is 0 Å². The lowest BCUT2D eigenvalue weighted by Gasteiger charge is -2.13. The van der Waals surface area contributed by atoms with E-state index in [1.165, 1.54) is 11.1 Å². The van der Waals surface area contributed by atoms with E-state index in [0.717, 1.165) is 12.8 Å². The van der Waals surface area contributed by atoms with E-state index >= 15 is 0 Å². The van der Waals surface area contributed by atoms with Crippen LogP contribution in [0.3, 0.4) is 0 Å². The Hall–Kier alpha value is -0.960. The Morgan fingerprint density at radius 2 is 2.33 bits per heavy atom. The predicted molar refractivity (Wildman–Crippen MR) is 64.0 cm³/mol. The third kappa shape index (κ3) is 2.34. The fourth-order valence-electron chi connectivity index (χ4n) is 2.07. The van der Waals surface area contributed by atoms with Crippen LogP contribution in [0.5, 0.6) is 0 Å². The van der Waals surface area contributed by atoms with Gasteiger partial charge in [0.1, 0.15) is 0 Å². The van der Waals surface area contributed by atoms with Crippen molar-refractivity contribution in [2.24, 2.45) is 0 Å². The first-order chi connectivity index (χ1) is 7.31. The van der Waals surface area contributed by atoms with E-state index in [4.69, 9.17) is 0 Å². The van der Waals surface area contributed by atoms with Gasteiger partial charge in [0, 0.05) is 0 Å². The van der Waals surface area contributed by atoms with Crippen LogP contribution < -0.4 is 5.32 Å². The van der Waals surface area contributed by atoms with Gasteiger partial charge in [0.25, 0.3) is 0 Å². The molecule has 1 aliphatic rings. The Morgan fingerprint density at radius 3 is 3.13 bits per heavy atom. The zero-order chi connectivity index (χ0) is 10.7. The molecule has 1 aromatic rings. The van der Waals surface area contributed by atoms with Crippen molar-refractivity contribution in [1.82, 2.24) is 5.32 Å². The molecule has 0 spiro atoms. The average Bonchev–Trinajstić information content (AvgIpc) is 2.62. The summed E-state index contributed by atoms with van der Waals surface area (Å²) in [5.41, 5.74) is 2.68. The van der Waals surface area contributed by atoms with Gasteiger partial charge in [-0.05, 0) is 30.2 Å². The Kier molecular flexibility index (Phi) is 3.31. The van der Waals surface area contributed by atoms with Gasteiger partial charge in [-0.2, -0.15) is 11.8 Å². The first-order valence-corrected chi connectivity index (χ1v) is 6.56. The molecule has 0 heterocycles. The molecule has 15 heavy (non-hydrogen) atoms. The number of benzene rings is 1. The number of amides is 1. The minimum absolute atomic E-state index is 0.143. The van der Waals surface area contributed by atoms with Crippen molar-refractivity contribution in [3.63, 3.8) is 0 Å². The SMILES string of the molecule is CSCC(=O)NC1CCc2ccccc21. The van der Waals surface area contributed by atoms with Gasteiger partial charge in [-0.3, -0.25) is 4.79 Å². The van der Waals surface area contributed by atoms with Crippen molar-refractivity contribution in [1.29, 1.82) is 0 Å². The van der Waals surface area contributed by atoms with E-state index in [0.29, 0.717) is 5.75 Å². The van der Waals surface area contributed by atoms with Gasteiger partial charge in [-0.25, -0.2) is 0 Å². The lowest BCUT2D eigenvalue weighted by molar-refractivity contribution is -0.119. The van der Waals surface area contributed by atoms with Gasteiger partial charge in [-0.15, -0.1) is 0 Å². The monoisotopic (exact) mass is 221 g/mol. The molecule has 1 unspecified atom stereocenters. The van der Waals surface area contributed by atoms with Gasteiger partial charge in [0.2, 0.25) is 5.91 Å². The normalized spacial score (nSPS) is 18.6. The molecule has 1 amide bonds. The second kappa shape index (κ2) is 4.71. The van der Waals surface area contributed by atoms with E-state index < -0.39 is 0 Å². The standard InChI is InChI=1S/C12H15NOS/c1-15-8-12(14)13-11-7-6-9-4-2-3-5-10(9)11/h2-5,11H,6-8H2,1H3,(H,13,14). The minimum atomic E-state index is 0.143. The van der Waals surface area contributed by atoms with Gasteiger partial charge in [0.05, 0.1) is 11.8 Å². The van der Waals surface area contributed by atoms with Crippen molar-refractivity contribution < 1.29 is 4.79 Å². The molecule has 0 fully saturated rings. The number of carbonyl (C=O) groups is 1. The number of carbonyl (C=O) groups excluding carboxylic acids is 1. The van der Waals surface area contributed by atoms with Crippen molar-refractivity contribution in [2.75, 3.05) is 12.0 Å². The summed E-state index contributed by atoms with van der Waals surface area (Å²) in [7, 11) is 0. The lowest BCUT2D eigenvalue weighted by Crippen LogP contribution is -2.28. The Bertz CT molecular complexity index is 364. The first-order valence-electron chi connectivity index (χ1n) is 5.17. The van der Waals surface area contributed by atoms with Gasteiger partial charge < -0.3 is 5.32 Å². The van der Waals surface area contributed by atoms with E-state index in [2.05, 4.69) is 23.5 Å². The number of hydrogen-bond donors (Lipinski definition) is 1. The van der Waals surface area contributed by atoms with Crippen LogP contribution in [0.2, 0.25) is 0 Å². The van der Waals surface area contributed by atoms with Gasteiger partial charge >= 0.3 is 0 Å². The molecule has 2 rings (SSSR count). The maximum Gasteiger partial charge on any atom is 0.230 e. The number of fused-ring (bicyclic) bond motifs is 1. The van der Waals surface area contributed by atoms with Crippen molar-refractivity contribution >= 4 is 17.7 Å². The highest BCUT2D eigenvalue weighted by Crippen LogP contribution is 2.30. The van der Waals surface area contributed by atoms with Gasteiger partial charge in [-0.1, -0.05) is 24.3 Å². The molecule has 1 aliphatic carbocycles. The third-order valence-electron chi connectivity index (χ3n) is 2.74. The molecule has 2 nitrogen and oxygen atoms in total. The second-order valence-corrected chi connectivity index (χ2v) is 4.66. The fraction of sp³-hybridized carbons (Fsp3) is 0.417. The maximum atomic E-state index is 11.5. The van der Waals surface area contributed by atoms with Crippen LogP contribution >= 0.6 is 11.8 Å². The molecule has 0 aromatic heterocycles. The summed E-state index contributed by atoms with van der Waals surface area (Å²) in [6.07, 6.45) is 4.07. The zero-order valence-electron chi connectivity index (χ0n) is 8.82. The van der Waals surface area contributed by atoms with Crippen LogP contribution in [-0.2, 0) is 11.2 Å². The summed E-state index contributed by atoms with van der Waals surface area (Å²) in [5, 5.41) is 3.08. The summed E-state index contributed by atoms with van der Waals surface area (Å²) in [6, 6.07) is 8.60. The molecule has 3 heteroatoms. The molecule has 0 aliphatic heterocycles. The summed E-state index contributed by atoms with van der Waals surface area (Å²) < 4.78 is 0. The largest absolute Gasteiger partial charge is 0.349 e. The van der Waals surface area contributed by atoms with E-state index in [1.54, 1.807) is 11.8 Å². The van der Waals surface area contributed by atoms with E-state index in [-0.39, 0.29) is 11.9 Å². The zero-order valence-corrected chi connectivity index (χ0v) is 9.64. The molecule has 80 valence electrons. The number of thioether (sulfide) groups is 1.